The van der Waals surface area contributed by atoms with Crippen LogP contribution in [0.15, 0.2) is 47.3 Å². The minimum atomic E-state index is -0.0597. The normalized spacial score (nSPS) is 12.8. The average Bonchev–Trinajstić information content (AvgIpc) is 3.06. The van der Waals surface area contributed by atoms with Gasteiger partial charge in [-0.15, -0.1) is 0 Å². The molecule has 0 bridgehead atoms. The molecule has 0 aliphatic rings. The van der Waals surface area contributed by atoms with Gasteiger partial charge in [-0.2, -0.15) is 0 Å². The van der Waals surface area contributed by atoms with E-state index in [4.69, 9.17) is 15.0 Å². The summed E-state index contributed by atoms with van der Waals surface area (Å²) in [6.07, 6.45) is 0.845. The van der Waals surface area contributed by atoms with Crippen molar-refractivity contribution in [3.63, 3.8) is 0 Å². The maximum absolute atomic E-state index is 13.7. The monoisotopic (exact) mass is 411 g/mol. The number of hydrogen-bond acceptors (Lipinski definition) is 4. The molecule has 3 aromatic heterocycles. The fourth-order valence-electron chi connectivity index (χ4n) is 4.30. The van der Waals surface area contributed by atoms with Crippen molar-refractivity contribution in [1.82, 2.24) is 24.1 Å². The summed E-state index contributed by atoms with van der Waals surface area (Å²) in [7, 11) is 0. The molecule has 0 amide bonds. The van der Waals surface area contributed by atoms with Gasteiger partial charge in [0.15, 0.2) is 11.3 Å². The number of aromatic nitrogens is 5. The number of nitrogens with zero attached hydrogens (tertiary/aromatic N) is 5. The molecule has 0 saturated heterocycles. The average molecular weight is 412 g/mol. The van der Waals surface area contributed by atoms with Crippen LogP contribution in [0.3, 0.4) is 0 Å². The molecule has 0 spiro atoms. The minimum absolute atomic E-state index is 0.0527. The molecular formula is C25H25N5O. The first-order valence-electron chi connectivity index (χ1n) is 10.7. The third-order valence-corrected chi connectivity index (χ3v) is 6.12. The summed E-state index contributed by atoms with van der Waals surface area (Å²) >= 11 is 0. The highest BCUT2D eigenvalue weighted by Crippen LogP contribution is 2.30. The van der Waals surface area contributed by atoms with Gasteiger partial charge < -0.3 is 0 Å². The molecule has 0 fully saturated rings. The van der Waals surface area contributed by atoms with Gasteiger partial charge in [0, 0.05) is 6.04 Å². The van der Waals surface area contributed by atoms with E-state index in [1.165, 1.54) is 0 Å². The van der Waals surface area contributed by atoms with E-state index in [9.17, 15) is 4.79 Å². The molecule has 3 heterocycles. The first kappa shape index (κ1) is 19.4. The van der Waals surface area contributed by atoms with Gasteiger partial charge in [-0.05, 0) is 63.4 Å². The summed E-state index contributed by atoms with van der Waals surface area (Å²) < 4.78 is 3.79. The molecule has 0 radical (unpaired) electrons. The zero-order valence-corrected chi connectivity index (χ0v) is 18.5. The Balaban J connectivity index is 2.05. The van der Waals surface area contributed by atoms with Gasteiger partial charge in [-0.25, -0.2) is 15.0 Å². The summed E-state index contributed by atoms with van der Waals surface area (Å²) in [6, 6.07) is 14.1. The molecular weight excluding hydrogens is 386 g/mol. The summed E-state index contributed by atoms with van der Waals surface area (Å²) in [5.41, 5.74) is 6.57. The highest BCUT2D eigenvalue weighted by atomic mass is 16.1. The number of aryl methyl sites for hydroxylation is 3. The maximum Gasteiger partial charge on any atom is 0.265 e. The Kier molecular flexibility index (Phi) is 4.39. The lowest BCUT2D eigenvalue weighted by Gasteiger charge is -2.16. The van der Waals surface area contributed by atoms with Gasteiger partial charge in [-0.3, -0.25) is 13.9 Å². The van der Waals surface area contributed by atoms with Crippen LogP contribution in [0.25, 0.3) is 38.9 Å². The molecule has 31 heavy (non-hydrogen) atoms. The van der Waals surface area contributed by atoms with E-state index in [-0.39, 0.29) is 11.6 Å². The topological polar surface area (TPSA) is 65.6 Å². The van der Waals surface area contributed by atoms with Gasteiger partial charge >= 0.3 is 0 Å². The van der Waals surface area contributed by atoms with Crippen LogP contribution < -0.4 is 5.56 Å². The van der Waals surface area contributed by atoms with Gasteiger partial charge in [0.05, 0.1) is 16.7 Å². The van der Waals surface area contributed by atoms with Gasteiger partial charge in [0.1, 0.15) is 16.7 Å². The second kappa shape index (κ2) is 7.01. The van der Waals surface area contributed by atoms with Crippen LogP contribution in [0.2, 0.25) is 0 Å². The number of para-hydroxylation sites is 2. The van der Waals surface area contributed by atoms with E-state index < -0.39 is 0 Å². The molecule has 1 unspecified atom stereocenters. The SMILES string of the molecule is CCC(C)n1c(C)nc2c(c1=O)c1nc3ccccc3nc1n2-c1cc(C)ccc1C. The van der Waals surface area contributed by atoms with Crippen molar-refractivity contribution in [1.29, 1.82) is 0 Å². The second-order valence-electron chi connectivity index (χ2n) is 8.30. The van der Waals surface area contributed by atoms with Crippen molar-refractivity contribution in [3.8, 4) is 5.69 Å². The van der Waals surface area contributed by atoms with Crippen LogP contribution in [0.5, 0.6) is 0 Å². The largest absolute Gasteiger partial charge is 0.293 e. The Morgan fingerprint density at radius 1 is 0.935 bits per heavy atom. The van der Waals surface area contributed by atoms with Crippen molar-refractivity contribution in [2.45, 2.75) is 47.1 Å². The standard InChI is InChI=1S/C25H25N5O/c1-6-16(4)29-17(5)26-23-21(25(29)31)22-24(28-19-10-8-7-9-18(19)27-22)30(23)20-13-14(2)11-12-15(20)3/h7-13,16H,6H2,1-5H3. The van der Waals surface area contributed by atoms with Crippen molar-refractivity contribution >= 4 is 33.2 Å². The van der Waals surface area contributed by atoms with Gasteiger partial charge in [-0.1, -0.05) is 31.2 Å². The molecule has 0 aliphatic carbocycles. The van der Waals surface area contributed by atoms with Crippen molar-refractivity contribution in [2.75, 3.05) is 0 Å². The summed E-state index contributed by atoms with van der Waals surface area (Å²) in [4.78, 5) is 28.5. The number of benzene rings is 2. The zero-order valence-electron chi connectivity index (χ0n) is 18.5. The predicted molar refractivity (Wildman–Crippen MR) is 125 cm³/mol. The lowest BCUT2D eigenvalue weighted by molar-refractivity contribution is 0.497. The molecule has 6 heteroatoms. The van der Waals surface area contributed by atoms with Crippen LogP contribution >= 0.6 is 0 Å². The Morgan fingerprint density at radius 2 is 1.65 bits per heavy atom. The Morgan fingerprint density at radius 3 is 2.35 bits per heavy atom. The predicted octanol–water partition coefficient (Wildman–Crippen LogP) is 5.18. The first-order valence-corrected chi connectivity index (χ1v) is 10.7. The zero-order chi connectivity index (χ0) is 21.9. The molecule has 156 valence electrons. The molecule has 5 rings (SSSR count). The third kappa shape index (κ3) is 2.86. The minimum Gasteiger partial charge on any atom is -0.293 e. The van der Waals surface area contributed by atoms with E-state index in [0.717, 1.165) is 34.3 Å². The summed E-state index contributed by atoms with van der Waals surface area (Å²) in [5.74, 6) is 0.700. The van der Waals surface area contributed by atoms with E-state index >= 15 is 0 Å². The van der Waals surface area contributed by atoms with Crippen LogP contribution in [0.1, 0.15) is 43.3 Å². The highest BCUT2D eigenvalue weighted by molar-refractivity contribution is 6.06. The van der Waals surface area contributed by atoms with Crippen molar-refractivity contribution < 1.29 is 0 Å². The quantitative estimate of drug-likeness (QED) is 0.410. The van der Waals surface area contributed by atoms with Gasteiger partial charge in [0.2, 0.25) is 0 Å². The first-order chi connectivity index (χ1) is 14.9. The van der Waals surface area contributed by atoms with E-state index in [1.54, 1.807) is 4.57 Å². The molecule has 5 aromatic rings. The molecule has 2 aromatic carbocycles. The number of hydrogen-bond donors (Lipinski definition) is 0. The highest BCUT2D eigenvalue weighted by Gasteiger charge is 2.24. The summed E-state index contributed by atoms with van der Waals surface area (Å²) in [5, 5.41) is 0.528. The Bertz CT molecular complexity index is 1540. The van der Waals surface area contributed by atoms with Crippen LogP contribution in [-0.2, 0) is 0 Å². The summed E-state index contributed by atoms with van der Waals surface area (Å²) in [6.45, 7) is 10.1. The Labute approximate surface area is 180 Å². The fourth-order valence-corrected chi connectivity index (χ4v) is 4.30. The molecule has 1 atom stereocenters. The van der Waals surface area contributed by atoms with E-state index in [0.29, 0.717) is 28.0 Å². The smallest absolute Gasteiger partial charge is 0.265 e. The number of rotatable bonds is 3. The molecule has 0 saturated carbocycles. The fraction of sp³-hybridized carbons (Fsp3) is 0.280. The van der Waals surface area contributed by atoms with Crippen LogP contribution in [-0.4, -0.2) is 24.1 Å². The van der Waals surface area contributed by atoms with Crippen molar-refractivity contribution in [3.05, 3.63) is 69.8 Å². The second-order valence-corrected chi connectivity index (χ2v) is 8.30. The lowest BCUT2D eigenvalue weighted by atomic mass is 10.1. The van der Waals surface area contributed by atoms with Gasteiger partial charge in [0.25, 0.3) is 5.56 Å². The maximum atomic E-state index is 13.7. The van der Waals surface area contributed by atoms with Crippen molar-refractivity contribution in [2.24, 2.45) is 0 Å². The number of fused-ring (bicyclic) bond motifs is 4. The lowest BCUT2D eigenvalue weighted by Crippen LogP contribution is -2.26. The molecule has 0 aliphatic heterocycles. The van der Waals surface area contributed by atoms with E-state index in [1.807, 2.05) is 42.7 Å². The third-order valence-electron chi connectivity index (χ3n) is 6.12. The van der Waals surface area contributed by atoms with Crippen LogP contribution in [0.4, 0.5) is 0 Å². The molecule has 0 N–H and O–H groups in total. The Hall–Kier alpha value is -3.54. The molecule has 6 nitrogen and oxygen atoms in total. The van der Waals surface area contributed by atoms with E-state index in [2.05, 4.69) is 39.0 Å². The van der Waals surface area contributed by atoms with Crippen LogP contribution in [0, 0.1) is 20.8 Å².